The first-order chi connectivity index (χ1) is 24.5. The molecule has 0 saturated heterocycles. The summed E-state index contributed by atoms with van der Waals surface area (Å²) in [4.78, 5) is 0. The summed E-state index contributed by atoms with van der Waals surface area (Å²) in [6.07, 6.45) is 0. The van der Waals surface area contributed by atoms with Crippen LogP contribution >= 0.6 is 0 Å². The average Bonchev–Trinajstić information content (AvgIpc) is 3.47. The molecule has 0 aliphatic rings. The molecule has 0 bridgehead atoms. The van der Waals surface area contributed by atoms with Gasteiger partial charge in [0.1, 0.15) is 0 Å². The highest BCUT2D eigenvalue weighted by Crippen LogP contribution is 2.39. The monoisotopic (exact) mass is 657 g/mol. The number of hydrogen-bond donors (Lipinski definition) is 0. The molecule has 1 heteroatoms. The van der Waals surface area contributed by atoms with E-state index in [9.17, 15) is 0 Å². The number of hydrogen-bond acceptors (Lipinski definition) is 0. The van der Waals surface area contributed by atoms with E-state index in [1.807, 2.05) is 0 Å². The fourth-order valence-corrected chi connectivity index (χ4v) is 7.98. The Morgan fingerprint density at radius 2 is 0.686 bits per heavy atom. The van der Waals surface area contributed by atoms with Crippen LogP contribution in [-0.4, -0.2) is 4.57 Å². The molecule has 8 aromatic carbocycles. The van der Waals surface area contributed by atoms with E-state index in [0.29, 0.717) is 0 Å². The van der Waals surface area contributed by atoms with Crippen LogP contribution in [0.15, 0.2) is 152 Å². The maximum Gasteiger partial charge on any atom is 0.0541 e. The van der Waals surface area contributed by atoms with Crippen LogP contribution in [0.3, 0.4) is 0 Å². The van der Waals surface area contributed by atoms with Crippen LogP contribution in [0.5, 0.6) is 0 Å². The standard InChI is InChI=1S/C50H43N/c1-49(2,3)36-22-27-47-45(30-36)46-31-37(50(4,5)6)23-28-48(46)51(47)38-24-19-33(20-25-38)32-15-17-34(18-16-32)35-21-26-43-41-13-8-7-11-39(41)40-12-9-10-14-42(40)44(43)29-35/h7-31H,1-6H3. The Kier molecular flexibility index (Phi) is 7.03. The molecule has 0 aliphatic carbocycles. The van der Waals surface area contributed by atoms with E-state index in [1.54, 1.807) is 0 Å². The summed E-state index contributed by atoms with van der Waals surface area (Å²) in [5.74, 6) is 0. The summed E-state index contributed by atoms with van der Waals surface area (Å²) >= 11 is 0. The summed E-state index contributed by atoms with van der Waals surface area (Å²) < 4.78 is 2.43. The van der Waals surface area contributed by atoms with Crippen LogP contribution in [-0.2, 0) is 10.8 Å². The van der Waals surface area contributed by atoms with Gasteiger partial charge in [-0.1, -0.05) is 151 Å². The predicted molar refractivity (Wildman–Crippen MR) is 222 cm³/mol. The van der Waals surface area contributed by atoms with Crippen molar-refractivity contribution >= 4 is 54.1 Å². The predicted octanol–water partition coefficient (Wildman–Crippen LogP) is 14.2. The van der Waals surface area contributed by atoms with Crippen molar-refractivity contribution in [3.63, 3.8) is 0 Å². The molecule has 1 heterocycles. The van der Waals surface area contributed by atoms with E-state index in [1.165, 1.54) is 93.2 Å². The normalized spacial score (nSPS) is 12.5. The van der Waals surface area contributed by atoms with Gasteiger partial charge >= 0.3 is 0 Å². The molecule has 0 radical (unpaired) electrons. The number of aromatic nitrogens is 1. The second kappa shape index (κ2) is 11.4. The van der Waals surface area contributed by atoms with Gasteiger partial charge in [0.05, 0.1) is 11.0 Å². The van der Waals surface area contributed by atoms with Crippen molar-refractivity contribution in [2.75, 3.05) is 0 Å². The van der Waals surface area contributed by atoms with E-state index in [0.717, 1.165) is 0 Å². The zero-order valence-electron chi connectivity index (χ0n) is 30.4. The lowest BCUT2D eigenvalue weighted by molar-refractivity contribution is 0.590. The minimum Gasteiger partial charge on any atom is -0.309 e. The molecular formula is C50H43N. The van der Waals surface area contributed by atoms with Crippen LogP contribution in [0.25, 0.3) is 82.1 Å². The summed E-state index contributed by atoms with van der Waals surface area (Å²) in [6.45, 7) is 13.8. The molecule has 1 nitrogen and oxygen atoms in total. The molecule has 9 aromatic rings. The summed E-state index contributed by atoms with van der Waals surface area (Å²) in [5, 5.41) is 10.5. The molecule has 0 unspecified atom stereocenters. The lowest BCUT2D eigenvalue weighted by atomic mass is 9.85. The average molecular weight is 658 g/mol. The Labute approximate surface area is 300 Å². The van der Waals surface area contributed by atoms with Crippen LogP contribution in [0.4, 0.5) is 0 Å². The Morgan fingerprint density at radius 1 is 0.314 bits per heavy atom. The highest BCUT2D eigenvalue weighted by molar-refractivity contribution is 6.25. The summed E-state index contributed by atoms with van der Waals surface area (Å²) in [7, 11) is 0. The van der Waals surface area contributed by atoms with E-state index >= 15 is 0 Å². The lowest BCUT2D eigenvalue weighted by Crippen LogP contribution is -2.10. The van der Waals surface area contributed by atoms with Gasteiger partial charge < -0.3 is 4.57 Å². The highest BCUT2D eigenvalue weighted by atomic mass is 15.0. The number of benzene rings is 8. The van der Waals surface area contributed by atoms with E-state index in [4.69, 9.17) is 0 Å². The zero-order valence-corrected chi connectivity index (χ0v) is 30.4. The van der Waals surface area contributed by atoms with E-state index in [2.05, 4.69) is 198 Å². The van der Waals surface area contributed by atoms with Crippen molar-refractivity contribution in [1.82, 2.24) is 4.57 Å². The molecule has 0 fully saturated rings. The first-order valence-corrected chi connectivity index (χ1v) is 18.2. The zero-order chi connectivity index (χ0) is 35.1. The molecule has 248 valence electrons. The van der Waals surface area contributed by atoms with E-state index < -0.39 is 0 Å². The third-order valence-corrected chi connectivity index (χ3v) is 10.9. The Morgan fingerprint density at radius 3 is 1.14 bits per heavy atom. The smallest absolute Gasteiger partial charge is 0.0541 e. The van der Waals surface area contributed by atoms with Gasteiger partial charge in [-0.2, -0.15) is 0 Å². The van der Waals surface area contributed by atoms with Crippen molar-refractivity contribution in [1.29, 1.82) is 0 Å². The number of nitrogens with zero attached hydrogens (tertiary/aromatic N) is 1. The Balaban J connectivity index is 1.09. The molecule has 1 aromatic heterocycles. The third-order valence-electron chi connectivity index (χ3n) is 10.9. The highest BCUT2D eigenvalue weighted by Gasteiger charge is 2.21. The molecule has 9 rings (SSSR count). The minimum absolute atomic E-state index is 0.0824. The van der Waals surface area contributed by atoms with Crippen LogP contribution in [0.2, 0.25) is 0 Å². The fourth-order valence-electron chi connectivity index (χ4n) is 7.98. The second-order valence-corrected chi connectivity index (χ2v) is 16.3. The van der Waals surface area contributed by atoms with Crippen molar-refractivity contribution < 1.29 is 0 Å². The van der Waals surface area contributed by atoms with Gasteiger partial charge in [-0.25, -0.2) is 0 Å². The van der Waals surface area contributed by atoms with Crippen LogP contribution < -0.4 is 0 Å². The van der Waals surface area contributed by atoms with E-state index in [-0.39, 0.29) is 10.8 Å². The molecule has 51 heavy (non-hydrogen) atoms. The van der Waals surface area contributed by atoms with Gasteiger partial charge in [-0.3, -0.25) is 0 Å². The Hall–Kier alpha value is -5.66. The molecule has 0 N–H and O–H groups in total. The Bertz CT molecular complexity index is 2670. The molecule has 0 saturated carbocycles. The first kappa shape index (κ1) is 31.3. The van der Waals surface area contributed by atoms with Gasteiger partial charge in [0.15, 0.2) is 0 Å². The van der Waals surface area contributed by atoms with Crippen molar-refractivity contribution in [2.45, 2.75) is 52.4 Å². The maximum absolute atomic E-state index is 2.43. The van der Waals surface area contributed by atoms with Crippen molar-refractivity contribution in [2.24, 2.45) is 0 Å². The summed E-state index contributed by atoms with van der Waals surface area (Å²) in [5.41, 5.74) is 11.5. The lowest BCUT2D eigenvalue weighted by Gasteiger charge is -2.19. The van der Waals surface area contributed by atoms with Gasteiger partial charge in [0.25, 0.3) is 0 Å². The quantitative estimate of drug-likeness (QED) is 0.167. The SMILES string of the molecule is CC(C)(C)c1ccc2c(c1)c1cc(C(C)(C)C)ccc1n2-c1ccc(-c2ccc(-c3ccc4c5ccccc5c5ccccc5c4c3)cc2)cc1. The molecular weight excluding hydrogens is 615 g/mol. The first-order valence-electron chi connectivity index (χ1n) is 18.2. The third kappa shape index (κ3) is 5.23. The van der Waals surface area contributed by atoms with Gasteiger partial charge in [-0.15, -0.1) is 0 Å². The minimum atomic E-state index is 0.0824. The molecule has 0 atom stereocenters. The van der Waals surface area contributed by atoms with Crippen LogP contribution in [0, 0.1) is 0 Å². The molecule has 0 spiro atoms. The number of fused-ring (bicyclic) bond motifs is 9. The fraction of sp³-hybridized carbons (Fsp3) is 0.160. The van der Waals surface area contributed by atoms with Gasteiger partial charge in [-0.05, 0) is 119 Å². The van der Waals surface area contributed by atoms with Crippen molar-refractivity contribution in [3.8, 4) is 27.9 Å². The van der Waals surface area contributed by atoms with Gasteiger partial charge in [0.2, 0.25) is 0 Å². The molecule has 0 aliphatic heterocycles. The topological polar surface area (TPSA) is 4.93 Å². The molecule has 0 amide bonds. The van der Waals surface area contributed by atoms with Gasteiger partial charge in [0, 0.05) is 16.5 Å². The van der Waals surface area contributed by atoms with Crippen LogP contribution in [0.1, 0.15) is 52.7 Å². The second-order valence-electron chi connectivity index (χ2n) is 16.3. The van der Waals surface area contributed by atoms with Crippen molar-refractivity contribution in [3.05, 3.63) is 163 Å². The maximum atomic E-state index is 2.43. The largest absolute Gasteiger partial charge is 0.309 e. The number of rotatable bonds is 3. The summed E-state index contributed by atoms with van der Waals surface area (Å²) in [6, 6.07) is 56.7.